The number of fused-ring (bicyclic) bond motifs is 1. The van der Waals surface area contributed by atoms with Crippen molar-refractivity contribution in [2.45, 2.75) is 25.8 Å². The summed E-state index contributed by atoms with van der Waals surface area (Å²) in [5.41, 5.74) is 2.64. The molecular formula is C20H23N5O. The molecule has 1 fully saturated rings. The Balaban J connectivity index is 1.42. The van der Waals surface area contributed by atoms with Crippen LogP contribution in [0.1, 0.15) is 29.0 Å². The van der Waals surface area contributed by atoms with Crippen molar-refractivity contribution in [1.82, 2.24) is 19.9 Å². The molecule has 0 spiro atoms. The van der Waals surface area contributed by atoms with E-state index in [0.29, 0.717) is 11.7 Å². The molecule has 1 amide bonds. The molecular weight excluding hydrogens is 326 g/mol. The molecule has 6 heteroatoms. The van der Waals surface area contributed by atoms with E-state index in [2.05, 4.69) is 26.9 Å². The van der Waals surface area contributed by atoms with E-state index < -0.39 is 0 Å². The monoisotopic (exact) mass is 349 g/mol. The second kappa shape index (κ2) is 6.78. The van der Waals surface area contributed by atoms with Crippen LogP contribution in [0.25, 0.3) is 10.9 Å². The summed E-state index contributed by atoms with van der Waals surface area (Å²) in [6, 6.07) is 12.3. The standard InChI is InChI=1S/C20H23N5O/c1-14-11-19(22-13-21-14)24(2)16-7-9-25(10-8-16)20(26)18-12-15-5-3-4-6-17(15)23-18/h3-6,11-13,16,23H,7-10H2,1-2H3. The van der Waals surface area contributed by atoms with Gasteiger partial charge in [0.25, 0.3) is 5.91 Å². The number of amides is 1. The Kier molecular flexibility index (Phi) is 4.32. The van der Waals surface area contributed by atoms with Crippen LogP contribution in [-0.2, 0) is 0 Å². The second-order valence-corrected chi connectivity index (χ2v) is 6.92. The number of aromatic nitrogens is 3. The minimum Gasteiger partial charge on any atom is -0.356 e. The van der Waals surface area contributed by atoms with Crippen molar-refractivity contribution in [3.05, 3.63) is 54.1 Å². The highest BCUT2D eigenvalue weighted by Gasteiger charge is 2.27. The van der Waals surface area contributed by atoms with E-state index in [-0.39, 0.29) is 5.91 Å². The van der Waals surface area contributed by atoms with Gasteiger partial charge >= 0.3 is 0 Å². The summed E-state index contributed by atoms with van der Waals surface area (Å²) in [5.74, 6) is 1.03. The number of aromatic amines is 1. The van der Waals surface area contributed by atoms with Gasteiger partial charge in [-0.25, -0.2) is 9.97 Å². The summed E-state index contributed by atoms with van der Waals surface area (Å²) in [4.78, 5) is 28.7. The number of aryl methyl sites for hydroxylation is 1. The molecule has 134 valence electrons. The first-order valence-corrected chi connectivity index (χ1v) is 9.00. The number of hydrogen-bond acceptors (Lipinski definition) is 4. The zero-order valence-electron chi connectivity index (χ0n) is 15.1. The molecule has 0 aliphatic carbocycles. The van der Waals surface area contributed by atoms with Crippen LogP contribution in [0.5, 0.6) is 0 Å². The van der Waals surface area contributed by atoms with Gasteiger partial charge in [0.1, 0.15) is 17.8 Å². The smallest absolute Gasteiger partial charge is 0.270 e. The van der Waals surface area contributed by atoms with Crippen molar-refractivity contribution in [3.8, 4) is 0 Å². The molecule has 6 nitrogen and oxygen atoms in total. The molecule has 1 saturated heterocycles. The number of hydrogen-bond donors (Lipinski definition) is 1. The van der Waals surface area contributed by atoms with Crippen molar-refractivity contribution in [2.24, 2.45) is 0 Å². The molecule has 3 aromatic rings. The Morgan fingerprint density at radius 2 is 1.96 bits per heavy atom. The fourth-order valence-electron chi connectivity index (χ4n) is 3.64. The molecule has 2 aromatic heterocycles. The van der Waals surface area contributed by atoms with Crippen molar-refractivity contribution >= 4 is 22.6 Å². The van der Waals surface area contributed by atoms with Gasteiger partial charge in [0.2, 0.25) is 0 Å². The number of likely N-dealkylation sites (tertiary alicyclic amines) is 1. The molecule has 26 heavy (non-hydrogen) atoms. The first-order chi connectivity index (χ1) is 12.6. The van der Waals surface area contributed by atoms with Gasteiger partial charge in [0.05, 0.1) is 0 Å². The highest BCUT2D eigenvalue weighted by atomic mass is 16.2. The van der Waals surface area contributed by atoms with E-state index >= 15 is 0 Å². The quantitative estimate of drug-likeness (QED) is 0.789. The highest BCUT2D eigenvalue weighted by molar-refractivity contribution is 5.98. The summed E-state index contributed by atoms with van der Waals surface area (Å²) < 4.78 is 0. The predicted octanol–water partition coefficient (Wildman–Crippen LogP) is 3.01. The predicted molar refractivity (Wildman–Crippen MR) is 102 cm³/mol. The van der Waals surface area contributed by atoms with Gasteiger partial charge in [-0.15, -0.1) is 0 Å². The van der Waals surface area contributed by atoms with Gasteiger partial charge in [-0.1, -0.05) is 18.2 Å². The van der Waals surface area contributed by atoms with Crippen LogP contribution in [0, 0.1) is 6.92 Å². The number of H-pyrrole nitrogens is 1. The molecule has 3 heterocycles. The van der Waals surface area contributed by atoms with E-state index in [9.17, 15) is 4.79 Å². The SMILES string of the molecule is Cc1cc(N(C)C2CCN(C(=O)c3cc4ccccc4[nH]3)CC2)ncn1. The van der Waals surface area contributed by atoms with Crippen LogP contribution in [0.2, 0.25) is 0 Å². The third-order valence-corrected chi connectivity index (χ3v) is 5.21. The molecule has 0 radical (unpaired) electrons. The van der Waals surface area contributed by atoms with Crippen LogP contribution in [-0.4, -0.2) is 51.9 Å². The normalized spacial score (nSPS) is 15.4. The Labute approximate surface area is 152 Å². The molecule has 1 aromatic carbocycles. The average molecular weight is 349 g/mol. The second-order valence-electron chi connectivity index (χ2n) is 6.92. The number of piperidine rings is 1. The van der Waals surface area contributed by atoms with Crippen LogP contribution in [0.15, 0.2) is 42.7 Å². The molecule has 1 N–H and O–H groups in total. The summed E-state index contributed by atoms with van der Waals surface area (Å²) in [6.07, 6.45) is 3.48. The summed E-state index contributed by atoms with van der Waals surface area (Å²) in [5, 5.41) is 1.07. The lowest BCUT2D eigenvalue weighted by atomic mass is 10.0. The number of benzene rings is 1. The average Bonchev–Trinajstić information content (AvgIpc) is 3.11. The first kappa shape index (κ1) is 16.6. The largest absolute Gasteiger partial charge is 0.356 e. The zero-order chi connectivity index (χ0) is 18.1. The van der Waals surface area contributed by atoms with Gasteiger partial charge in [0, 0.05) is 48.8 Å². The van der Waals surface area contributed by atoms with E-state index in [1.54, 1.807) is 6.33 Å². The van der Waals surface area contributed by atoms with Crippen molar-refractivity contribution in [1.29, 1.82) is 0 Å². The van der Waals surface area contributed by atoms with Gasteiger partial charge in [-0.2, -0.15) is 0 Å². The van der Waals surface area contributed by atoms with Crippen LogP contribution in [0.3, 0.4) is 0 Å². The first-order valence-electron chi connectivity index (χ1n) is 9.00. The number of para-hydroxylation sites is 1. The van der Waals surface area contributed by atoms with E-state index in [0.717, 1.165) is 48.3 Å². The van der Waals surface area contributed by atoms with Crippen molar-refractivity contribution < 1.29 is 4.79 Å². The Morgan fingerprint density at radius 1 is 1.19 bits per heavy atom. The maximum Gasteiger partial charge on any atom is 0.270 e. The topological polar surface area (TPSA) is 65.1 Å². The maximum atomic E-state index is 12.8. The molecule has 0 unspecified atom stereocenters. The van der Waals surface area contributed by atoms with E-state index in [4.69, 9.17) is 0 Å². The number of carbonyl (C=O) groups excluding carboxylic acids is 1. The van der Waals surface area contributed by atoms with E-state index in [1.807, 2.05) is 48.2 Å². The lowest BCUT2D eigenvalue weighted by Gasteiger charge is -2.37. The van der Waals surface area contributed by atoms with E-state index in [1.165, 1.54) is 0 Å². The lowest BCUT2D eigenvalue weighted by molar-refractivity contribution is 0.0708. The Bertz CT molecular complexity index is 894. The molecule has 1 aliphatic rings. The highest BCUT2D eigenvalue weighted by Crippen LogP contribution is 2.22. The lowest BCUT2D eigenvalue weighted by Crippen LogP contribution is -2.46. The number of rotatable bonds is 3. The third-order valence-electron chi connectivity index (χ3n) is 5.21. The zero-order valence-corrected chi connectivity index (χ0v) is 15.1. The minimum absolute atomic E-state index is 0.0835. The molecule has 0 saturated carbocycles. The van der Waals surface area contributed by atoms with Crippen LogP contribution >= 0.6 is 0 Å². The Hall–Kier alpha value is -2.89. The number of nitrogens with zero attached hydrogens (tertiary/aromatic N) is 4. The van der Waals surface area contributed by atoms with Crippen LogP contribution < -0.4 is 4.90 Å². The number of carbonyl (C=O) groups is 1. The summed E-state index contributed by atoms with van der Waals surface area (Å²) >= 11 is 0. The maximum absolute atomic E-state index is 12.8. The van der Waals surface area contributed by atoms with Gasteiger partial charge in [0.15, 0.2) is 0 Å². The molecule has 0 bridgehead atoms. The van der Waals surface area contributed by atoms with Crippen molar-refractivity contribution in [3.63, 3.8) is 0 Å². The fourth-order valence-corrected chi connectivity index (χ4v) is 3.64. The summed E-state index contributed by atoms with van der Waals surface area (Å²) in [7, 11) is 2.07. The number of anilines is 1. The molecule has 4 rings (SSSR count). The molecule has 1 aliphatic heterocycles. The van der Waals surface area contributed by atoms with Gasteiger partial charge < -0.3 is 14.8 Å². The minimum atomic E-state index is 0.0835. The Morgan fingerprint density at radius 3 is 2.69 bits per heavy atom. The summed E-state index contributed by atoms with van der Waals surface area (Å²) in [6.45, 7) is 3.49. The number of nitrogens with one attached hydrogen (secondary N) is 1. The molecule has 0 atom stereocenters. The fraction of sp³-hybridized carbons (Fsp3) is 0.350. The van der Waals surface area contributed by atoms with Gasteiger partial charge in [-0.05, 0) is 31.9 Å². The van der Waals surface area contributed by atoms with Crippen molar-refractivity contribution in [2.75, 3.05) is 25.0 Å². The van der Waals surface area contributed by atoms with Crippen LogP contribution in [0.4, 0.5) is 5.82 Å². The van der Waals surface area contributed by atoms with Gasteiger partial charge in [-0.3, -0.25) is 4.79 Å². The third kappa shape index (κ3) is 3.14.